The summed E-state index contributed by atoms with van der Waals surface area (Å²) < 4.78 is 5.51. The van der Waals surface area contributed by atoms with Crippen LogP contribution in [0.5, 0.6) is 5.75 Å². The van der Waals surface area contributed by atoms with Gasteiger partial charge < -0.3 is 25.8 Å². The van der Waals surface area contributed by atoms with Crippen LogP contribution in [0, 0.1) is 6.92 Å². The summed E-state index contributed by atoms with van der Waals surface area (Å²) in [7, 11) is 1.50. The first-order valence-electron chi connectivity index (χ1n) is 16.5. The lowest BCUT2D eigenvalue weighted by Crippen LogP contribution is -2.32. The summed E-state index contributed by atoms with van der Waals surface area (Å²) >= 11 is 0. The van der Waals surface area contributed by atoms with Crippen molar-refractivity contribution in [3.8, 4) is 5.75 Å². The topological polar surface area (TPSA) is 120 Å². The van der Waals surface area contributed by atoms with Gasteiger partial charge in [0.25, 0.3) is 0 Å². The van der Waals surface area contributed by atoms with Gasteiger partial charge in [-0.2, -0.15) is 0 Å². The zero-order valence-corrected chi connectivity index (χ0v) is 28.4. The van der Waals surface area contributed by atoms with E-state index in [-0.39, 0.29) is 24.8 Å². The smallest absolute Gasteiger partial charge is 0.323 e. The van der Waals surface area contributed by atoms with E-state index in [1.165, 1.54) is 7.11 Å². The molecule has 0 unspecified atom stereocenters. The first kappa shape index (κ1) is 35.4. The Hall–Kier alpha value is -5.93. The van der Waals surface area contributed by atoms with E-state index in [9.17, 15) is 19.5 Å². The summed E-state index contributed by atoms with van der Waals surface area (Å²) in [4.78, 5) is 40.1. The van der Waals surface area contributed by atoms with Crippen LogP contribution in [-0.2, 0) is 22.6 Å². The van der Waals surface area contributed by atoms with Crippen molar-refractivity contribution in [2.24, 2.45) is 0 Å². The molecular weight excluding hydrogens is 628 g/mol. The standard InChI is InChI=1S/C41H42N4O5/c1-28-12-10-11-17-35(28)43-41(49)44-36-23-18-31(24-38(36)50-3)25-39(46)42-34-21-19-33(20-22-34)37(26-40(47)48)45(27-30-13-6-4-7-14-30)29(2)32-15-8-5-9-16-32/h4-24,29,37H,25-27H2,1-3H3,(H,42,46)(H,47,48)(H2,43,44,49)/t29-,37+/m0/s1. The van der Waals surface area contributed by atoms with Gasteiger partial charge >= 0.3 is 12.0 Å². The third-order valence-electron chi connectivity index (χ3n) is 8.61. The molecular formula is C41H42N4O5. The molecule has 0 saturated carbocycles. The van der Waals surface area contributed by atoms with Gasteiger partial charge in [0.05, 0.1) is 25.6 Å². The molecule has 5 rings (SSSR count). The zero-order valence-electron chi connectivity index (χ0n) is 28.4. The fourth-order valence-corrected chi connectivity index (χ4v) is 5.94. The lowest BCUT2D eigenvalue weighted by molar-refractivity contribution is -0.138. The fourth-order valence-electron chi connectivity index (χ4n) is 5.94. The first-order chi connectivity index (χ1) is 24.2. The minimum Gasteiger partial charge on any atom is -0.495 e. The third kappa shape index (κ3) is 9.58. The lowest BCUT2D eigenvalue weighted by atomic mass is 9.96. The van der Waals surface area contributed by atoms with Gasteiger partial charge in [0.15, 0.2) is 0 Å². The molecule has 5 aromatic carbocycles. The largest absolute Gasteiger partial charge is 0.495 e. The van der Waals surface area contributed by atoms with Crippen molar-refractivity contribution in [1.82, 2.24) is 4.90 Å². The predicted molar refractivity (Wildman–Crippen MR) is 197 cm³/mol. The van der Waals surface area contributed by atoms with Crippen LogP contribution in [0.2, 0.25) is 0 Å². The normalized spacial score (nSPS) is 12.1. The molecule has 9 heteroatoms. The summed E-state index contributed by atoms with van der Waals surface area (Å²) in [6.45, 7) is 4.57. The maximum atomic E-state index is 13.1. The van der Waals surface area contributed by atoms with Crippen molar-refractivity contribution >= 4 is 35.0 Å². The number of nitrogens with zero attached hydrogens (tertiary/aromatic N) is 1. The second-order valence-electron chi connectivity index (χ2n) is 12.1. The highest BCUT2D eigenvalue weighted by atomic mass is 16.5. The molecule has 256 valence electrons. The van der Waals surface area contributed by atoms with E-state index in [2.05, 4.69) is 39.9 Å². The van der Waals surface area contributed by atoms with Crippen LogP contribution in [0.3, 0.4) is 0 Å². The van der Waals surface area contributed by atoms with Crippen LogP contribution in [0.4, 0.5) is 21.9 Å². The van der Waals surface area contributed by atoms with Gasteiger partial charge in [0.1, 0.15) is 5.75 Å². The molecule has 0 aliphatic carbocycles. The Bertz CT molecular complexity index is 1900. The van der Waals surface area contributed by atoms with E-state index < -0.39 is 18.0 Å². The second-order valence-corrected chi connectivity index (χ2v) is 12.1. The Morgan fingerprint density at radius 3 is 2.02 bits per heavy atom. The number of anilines is 3. The molecule has 0 aliphatic rings. The zero-order chi connectivity index (χ0) is 35.5. The van der Waals surface area contributed by atoms with E-state index in [0.717, 1.165) is 22.3 Å². The number of carbonyl (C=O) groups excluding carboxylic acids is 2. The van der Waals surface area contributed by atoms with Crippen LogP contribution in [0.25, 0.3) is 0 Å². The van der Waals surface area contributed by atoms with Gasteiger partial charge in [-0.15, -0.1) is 0 Å². The molecule has 0 heterocycles. The Morgan fingerprint density at radius 2 is 1.36 bits per heavy atom. The number of ether oxygens (including phenoxy) is 1. The number of urea groups is 1. The molecule has 3 amide bonds. The third-order valence-corrected chi connectivity index (χ3v) is 8.61. The highest BCUT2D eigenvalue weighted by Gasteiger charge is 2.28. The number of carbonyl (C=O) groups is 3. The number of carboxylic acids is 1. The Balaban J connectivity index is 1.27. The van der Waals surface area contributed by atoms with Gasteiger partial charge in [-0.3, -0.25) is 14.5 Å². The number of rotatable bonds is 14. The number of para-hydroxylation sites is 1. The molecule has 4 N–H and O–H groups in total. The van der Waals surface area contributed by atoms with Crippen LogP contribution < -0.4 is 20.7 Å². The fraction of sp³-hybridized carbons (Fsp3) is 0.195. The number of aliphatic carboxylic acids is 1. The van der Waals surface area contributed by atoms with Gasteiger partial charge in [-0.1, -0.05) is 97.1 Å². The van der Waals surface area contributed by atoms with Gasteiger partial charge in [-0.25, -0.2) is 4.79 Å². The van der Waals surface area contributed by atoms with E-state index >= 15 is 0 Å². The van der Waals surface area contributed by atoms with Crippen LogP contribution in [-0.4, -0.2) is 35.0 Å². The predicted octanol–water partition coefficient (Wildman–Crippen LogP) is 8.61. The van der Waals surface area contributed by atoms with Crippen molar-refractivity contribution in [2.75, 3.05) is 23.1 Å². The number of hydrogen-bond donors (Lipinski definition) is 4. The number of benzene rings is 5. The number of amides is 3. The average Bonchev–Trinajstić information content (AvgIpc) is 3.12. The molecule has 0 spiro atoms. The lowest BCUT2D eigenvalue weighted by Gasteiger charge is -2.37. The summed E-state index contributed by atoms with van der Waals surface area (Å²) in [6, 6.07) is 39.2. The average molecular weight is 671 g/mol. The van der Waals surface area contributed by atoms with Crippen molar-refractivity contribution < 1.29 is 24.2 Å². The Kier molecular flexibility index (Phi) is 12.0. The van der Waals surface area contributed by atoms with Crippen molar-refractivity contribution in [1.29, 1.82) is 0 Å². The minimum absolute atomic E-state index is 0.0684. The molecule has 0 bridgehead atoms. The van der Waals surface area contributed by atoms with Crippen LogP contribution in [0.15, 0.2) is 127 Å². The molecule has 0 aromatic heterocycles. The van der Waals surface area contributed by atoms with Crippen LogP contribution >= 0.6 is 0 Å². The van der Waals surface area contributed by atoms with E-state index in [1.807, 2.05) is 91.9 Å². The number of nitrogens with one attached hydrogen (secondary N) is 3. The molecule has 0 fully saturated rings. The van der Waals surface area contributed by atoms with Gasteiger partial charge in [0.2, 0.25) is 5.91 Å². The highest BCUT2D eigenvalue weighted by Crippen LogP contribution is 2.35. The summed E-state index contributed by atoms with van der Waals surface area (Å²) in [6.07, 6.45) is -0.00909. The monoisotopic (exact) mass is 670 g/mol. The molecule has 50 heavy (non-hydrogen) atoms. The minimum atomic E-state index is -0.894. The van der Waals surface area contributed by atoms with Crippen molar-refractivity contribution in [2.45, 2.75) is 45.3 Å². The summed E-state index contributed by atoms with van der Waals surface area (Å²) in [5, 5.41) is 18.6. The van der Waals surface area contributed by atoms with E-state index in [0.29, 0.717) is 34.9 Å². The van der Waals surface area contributed by atoms with E-state index in [4.69, 9.17) is 4.74 Å². The maximum Gasteiger partial charge on any atom is 0.323 e. The Morgan fingerprint density at radius 1 is 0.720 bits per heavy atom. The van der Waals surface area contributed by atoms with Crippen molar-refractivity contribution in [3.63, 3.8) is 0 Å². The van der Waals surface area contributed by atoms with Gasteiger partial charge in [0, 0.05) is 30.0 Å². The first-order valence-corrected chi connectivity index (χ1v) is 16.5. The summed E-state index contributed by atoms with van der Waals surface area (Å²) in [5.74, 6) is -0.702. The number of hydrogen-bond acceptors (Lipinski definition) is 5. The molecule has 0 saturated heterocycles. The number of aryl methyl sites for hydroxylation is 1. The molecule has 9 nitrogen and oxygen atoms in total. The number of methoxy groups -OCH3 is 1. The molecule has 5 aromatic rings. The Labute approximate surface area is 292 Å². The van der Waals surface area contributed by atoms with Crippen molar-refractivity contribution in [3.05, 3.63) is 155 Å². The highest BCUT2D eigenvalue weighted by molar-refractivity contribution is 6.01. The summed E-state index contributed by atoms with van der Waals surface area (Å²) in [5.41, 5.74) is 6.42. The quantitative estimate of drug-likeness (QED) is 0.0939. The number of carboxylic acid groups (broad SMARTS) is 1. The maximum absolute atomic E-state index is 13.1. The molecule has 2 atom stereocenters. The van der Waals surface area contributed by atoms with Crippen LogP contribution in [0.1, 0.15) is 53.2 Å². The second kappa shape index (κ2) is 16.9. The van der Waals surface area contributed by atoms with E-state index in [1.54, 1.807) is 30.3 Å². The molecule has 0 aliphatic heterocycles. The SMILES string of the molecule is COc1cc(CC(=O)Nc2ccc([C@@H](CC(=O)O)N(Cc3ccccc3)[C@@H](C)c3ccccc3)cc2)ccc1NC(=O)Nc1ccccc1C. The van der Waals surface area contributed by atoms with Gasteiger partial charge in [-0.05, 0) is 72.0 Å². The molecule has 0 radical (unpaired) electrons.